The Hall–Kier alpha value is -4.04. The molecular weight excluding hydrogens is 336 g/mol. The van der Waals surface area contributed by atoms with Crippen LogP contribution in [0.15, 0.2) is 30.0 Å². The van der Waals surface area contributed by atoms with Gasteiger partial charge in [0.05, 0.1) is 34.1 Å². The summed E-state index contributed by atoms with van der Waals surface area (Å²) in [5.41, 5.74) is 2.06. The fraction of sp³-hybridized carbons (Fsp3) is 0.111. The van der Waals surface area contributed by atoms with Crippen LogP contribution in [0.3, 0.4) is 0 Å². The lowest BCUT2D eigenvalue weighted by molar-refractivity contribution is -0.393. The Balaban J connectivity index is 2.60. The van der Waals surface area contributed by atoms with Crippen molar-refractivity contribution < 1.29 is 9.85 Å². The molecule has 0 saturated carbocycles. The summed E-state index contributed by atoms with van der Waals surface area (Å²) in [6.07, 6.45) is 0. The summed E-state index contributed by atoms with van der Waals surface area (Å²) in [6.45, 7) is 10.9. The maximum absolute atomic E-state index is 11.6. The second-order valence-corrected chi connectivity index (χ2v) is 5.85. The van der Waals surface area contributed by atoms with E-state index in [0.717, 1.165) is 17.2 Å². The standard InChI is InChI=1S/C18H10N4O4/c1-9-4-10(2)16-12(5-9)17(14(8-19)20-3)13-6-11(21(23)24)7-15(18(13)16)22(25)26/h4-7H,1-2H3/b17-14-. The molecule has 8 nitrogen and oxygen atoms in total. The van der Waals surface area contributed by atoms with Crippen LogP contribution in [0, 0.1) is 52.0 Å². The number of nitriles is 1. The molecule has 0 unspecified atom stereocenters. The van der Waals surface area contributed by atoms with Crippen LogP contribution in [0.25, 0.3) is 21.5 Å². The molecule has 0 fully saturated rings. The Labute approximate surface area is 147 Å². The molecule has 0 spiro atoms. The Morgan fingerprint density at radius 3 is 2.27 bits per heavy atom. The molecule has 0 atom stereocenters. The van der Waals surface area contributed by atoms with E-state index in [1.54, 1.807) is 19.1 Å². The number of benzene rings is 2. The quantitative estimate of drug-likeness (QED) is 0.297. The zero-order valence-electron chi connectivity index (χ0n) is 13.7. The van der Waals surface area contributed by atoms with Crippen LogP contribution in [0.4, 0.5) is 11.4 Å². The molecule has 0 N–H and O–H groups in total. The van der Waals surface area contributed by atoms with Crippen LogP contribution in [0.5, 0.6) is 0 Å². The number of allylic oxidation sites excluding steroid dienone is 1. The largest absolute Gasteiger partial charge is 0.284 e. The van der Waals surface area contributed by atoms with Crippen LogP contribution in [0.1, 0.15) is 22.3 Å². The molecule has 0 bridgehead atoms. The Morgan fingerprint density at radius 2 is 1.73 bits per heavy atom. The lowest BCUT2D eigenvalue weighted by Crippen LogP contribution is -1.97. The minimum Gasteiger partial charge on any atom is -0.258 e. The zero-order chi connectivity index (χ0) is 19.2. The number of rotatable bonds is 2. The summed E-state index contributed by atoms with van der Waals surface area (Å²) in [6, 6.07) is 7.46. The maximum atomic E-state index is 11.6. The van der Waals surface area contributed by atoms with Crippen molar-refractivity contribution in [3.05, 3.63) is 83.9 Å². The van der Waals surface area contributed by atoms with Crippen molar-refractivity contribution in [2.75, 3.05) is 0 Å². The molecule has 0 aromatic heterocycles. The van der Waals surface area contributed by atoms with Gasteiger partial charge in [-0.15, -0.1) is 0 Å². The monoisotopic (exact) mass is 346 g/mol. The van der Waals surface area contributed by atoms with Gasteiger partial charge in [0.15, 0.2) is 0 Å². The highest BCUT2D eigenvalue weighted by molar-refractivity contribution is 6.07. The normalized spacial score (nSPS) is 13.2. The minimum absolute atomic E-state index is 0.169. The lowest BCUT2D eigenvalue weighted by Gasteiger charge is -2.07. The van der Waals surface area contributed by atoms with Crippen molar-refractivity contribution >= 4 is 16.9 Å². The highest BCUT2D eigenvalue weighted by Gasteiger charge is 2.36. The lowest BCUT2D eigenvalue weighted by atomic mass is 9.96. The Bertz CT molecular complexity index is 1120. The van der Waals surface area contributed by atoms with Gasteiger partial charge in [-0.2, -0.15) is 0 Å². The highest BCUT2D eigenvalue weighted by atomic mass is 16.6. The van der Waals surface area contributed by atoms with Gasteiger partial charge < -0.3 is 0 Å². The number of hydrogen-bond acceptors (Lipinski definition) is 5. The van der Waals surface area contributed by atoms with Gasteiger partial charge in [-0.3, -0.25) is 20.2 Å². The summed E-state index contributed by atoms with van der Waals surface area (Å²) in [5.74, 6) is 0. The number of fused-ring (bicyclic) bond motifs is 3. The average Bonchev–Trinajstić information content (AvgIpc) is 2.89. The number of nitro benzene ring substituents is 2. The van der Waals surface area contributed by atoms with E-state index in [4.69, 9.17) is 6.57 Å². The topological polar surface area (TPSA) is 114 Å². The van der Waals surface area contributed by atoms with Crippen molar-refractivity contribution in [2.45, 2.75) is 13.8 Å². The van der Waals surface area contributed by atoms with E-state index in [0.29, 0.717) is 11.1 Å². The van der Waals surface area contributed by atoms with Crippen molar-refractivity contribution in [3.8, 4) is 17.2 Å². The van der Waals surface area contributed by atoms with Gasteiger partial charge in [-0.05, 0) is 36.1 Å². The van der Waals surface area contributed by atoms with Crippen LogP contribution < -0.4 is 0 Å². The Kier molecular flexibility index (Phi) is 3.75. The molecule has 1 aliphatic rings. The number of non-ortho nitro benzene ring substituents is 1. The molecule has 1 aliphatic carbocycles. The fourth-order valence-electron chi connectivity index (χ4n) is 3.35. The molecule has 26 heavy (non-hydrogen) atoms. The molecule has 0 heterocycles. The van der Waals surface area contributed by atoms with Gasteiger partial charge >= 0.3 is 0 Å². The predicted molar refractivity (Wildman–Crippen MR) is 92.9 cm³/mol. The van der Waals surface area contributed by atoms with Crippen LogP contribution in [-0.4, -0.2) is 9.85 Å². The third kappa shape index (κ3) is 2.29. The van der Waals surface area contributed by atoms with Crippen molar-refractivity contribution in [1.82, 2.24) is 0 Å². The van der Waals surface area contributed by atoms with Crippen molar-refractivity contribution in [3.63, 3.8) is 0 Å². The molecule has 0 aliphatic heterocycles. The summed E-state index contributed by atoms with van der Waals surface area (Å²) >= 11 is 0. The molecule has 126 valence electrons. The Morgan fingerprint density at radius 1 is 1.08 bits per heavy atom. The van der Waals surface area contributed by atoms with Gasteiger partial charge in [0.1, 0.15) is 0 Å². The van der Waals surface area contributed by atoms with Crippen molar-refractivity contribution in [2.24, 2.45) is 0 Å². The first-order valence-corrected chi connectivity index (χ1v) is 7.41. The maximum Gasteiger partial charge on any atom is 0.284 e. The smallest absolute Gasteiger partial charge is 0.258 e. The molecular formula is C18H10N4O4. The SMILES string of the molecule is [C-]#[N+]/C(C#N)=C1/c2cc(C)cc(C)c2-c2c1cc([N+](=O)[O-])cc2[N+](=O)[O-]. The number of nitrogens with zero attached hydrogens (tertiary/aromatic N) is 4. The second-order valence-electron chi connectivity index (χ2n) is 5.85. The van der Waals surface area contributed by atoms with E-state index in [1.165, 1.54) is 6.07 Å². The second kappa shape index (κ2) is 5.80. The van der Waals surface area contributed by atoms with E-state index < -0.39 is 21.2 Å². The summed E-state index contributed by atoms with van der Waals surface area (Å²) < 4.78 is 0. The third-order valence-corrected chi connectivity index (χ3v) is 4.23. The van der Waals surface area contributed by atoms with E-state index in [1.807, 2.05) is 13.0 Å². The van der Waals surface area contributed by atoms with Gasteiger partial charge in [0.2, 0.25) is 0 Å². The van der Waals surface area contributed by atoms with Crippen LogP contribution >= 0.6 is 0 Å². The van der Waals surface area contributed by atoms with Gasteiger partial charge in [0, 0.05) is 11.6 Å². The number of aryl methyl sites for hydroxylation is 2. The van der Waals surface area contributed by atoms with E-state index in [9.17, 15) is 25.5 Å². The molecule has 3 rings (SSSR count). The molecule has 8 heteroatoms. The average molecular weight is 346 g/mol. The molecule has 0 saturated heterocycles. The molecule has 0 radical (unpaired) electrons. The van der Waals surface area contributed by atoms with Gasteiger partial charge in [0.25, 0.3) is 17.1 Å². The van der Waals surface area contributed by atoms with E-state index in [-0.39, 0.29) is 22.4 Å². The van der Waals surface area contributed by atoms with Gasteiger partial charge in [-0.1, -0.05) is 17.7 Å². The molecule has 2 aromatic carbocycles. The zero-order valence-corrected chi connectivity index (χ0v) is 13.7. The van der Waals surface area contributed by atoms with E-state index >= 15 is 0 Å². The fourth-order valence-corrected chi connectivity index (χ4v) is 3.35. The summed E-state index contributed by atoms with van der Waals surface area (Å²) in [4.78, 5) is 24.6. The molecule has 2 aromatic rings. The van der Waals surface area contributed by atoms with Crippen LogP contribution in [0.2, 0.25) is 0 Å². The first-order valence-electron chi connectivity index (χ1n) is 7.41. The minimum atomic E-state index is -0.726. The van der Waals surface area contributed by atoms with E-state index in [2.05, 4.69) is 4.85 Å². The number of nitro groups is 2. The summed E-state index contributed by atoms with van der Waals surface area (Å²) in [5, 5.41) is 32.2. The molecule has 0 amide bonds. The highest BCUT2D eigenvalue weighted by Crippen LogP contribution is 2.52. The third-order valence-electron chi connectivity index (χ3n) is 4.23. The van der Waals surface area contributed by atoms with Crippen molar-refractivity contribution in [1.29, 1.82) is 5.26 Å². The van der Waals surface area contributed by atoms with Crippen LogP contribution in [-0.2, 0) is 0 Å². The first kappa shape index (κ1) is 16.8. The first-order chi connectivity index (χ1) is 12.3. The number of hydrogen-bond donors (Lipinski definition) is 0. The van der Waals surface area contributed by atoms with Gasteiger partial charge in [-0.25, -0.2) is 10.1 Å². The summed E-state index contributed by atoms with van der Waals surface area (Å²) in [7, 11) is 0. The predicted octanol–water partition coefficient (Wildman–Crippen LogP) is 4.30.